The second-order valence-electron chi connectivity index (χ2n) is 6.71. The van der Waals surface area contributed by atoms with Gasteiger partial charge in [-0.15, -0.1) is 0 Å². The van der Waals surface area contributed by atoms with Crippen LogP contribution in [-0.2, 0) is 0 Å². The first-order valence-electron chi connectivity index (χ1n) is 7.87. The van der Waals surface area contributed by atoms with Gasteiger partial charge in [0.05, 0.1) is 0 Å². The van der Waals surface area contributed by atoms with Crippen LogP contribution in [0.15, 0.2) is 24.3 Å². The monoisotopic (exact) mass is 328 g/mol. The average Bonchev–Trinajstić information content (AvgIpc) is 2.45. The van der Waals surface area contributed by atoms with Crippen LogP contribution in [0.2, 0.25) is 19.6 Å². The number of halogens is 2. The second-order valence-corrected chi connectivity index (χ2v) is 11.1. The number of hydrogen-bond acceptors (Lipinski definition) is 3. The number of hydrogen-bond donors (Lipinski definition) is 1. The number of nitrogens with one attached hydrogen (secondary N) is 1. The molecular weight excluding hydrogens is 302 g/mol. The summed E-state index contributed by atoms with van der Waals surface area (Å²) < 4.78 is 31.9. The zero-order valence-corrected chi connectivity index (χ0v) is 14.6. The summed E-state index contributed by atoms with van der Waals surface area (Å²) in [5, 5.41) is 3.26. The van der Waals surface area contributed by atoms with Gasteiger partial charge in [0.1, 0.15) is 5.75 Å². The zero-order chi connectivity index (χ0) is 16.2. The van der Waals surface area contributed by atoms with E-state index in [9.17, 15) is 8.78 Å². The van der Waals surface area contributed by atoms with Gasteiger partial charge >= 0.3 is 0 Å². The van der Waals surface area contributed by atoms with Crippen molar-refractivity contribution in [2.45, 2.75) is 38.5 Å². The van der Waals surface area contributed by atoms with Crippen LogP contribution in [0.3, 0.4) is 0 Å². The summed E-state index contributed by atoms with van der Waals surface area (Å²) in [4.78, 5) is 2.15. The smallest absolute Gasteiger partial charge is 0.242 e. The van der Waals surface area contributed by atoms with E-state index in [2.05, 4.69) is 29.9 Å². The van der Waals surface area contributed by atoms with E-state index >= 15 is 0 Å². The molecule has 0 saturated carbocycles. The molecule has 1 aliphatic rings. The molecular formula is C16H26F2N2OSi. The van der Waals surface area contributed by atoms with Crippen LogP contribution < -0.4 is 9.74 Å². The molecule has 0 radical (unpaired) electrons. The van der Waals surface area contributed by atoms with E-state index in [1.807, 2.05) is 24.3 Å². The van der Waals surface area contributed by atoms with Crippen molar-refractivity contribution in [1.29, 1.82) is 0 Å². The van der Waals surface area contributed by atoms with Gasteiger partial charge in [0.2, 0.25) is 14.7 Å². The van der Waals surface area contributed by atoms with Crippen LogP contribution >= 0.6 is 0 Å². The van der Waals surface area contributed by atoms with Gasteiger partial charge in [-0.3, -0.25) is 4.90 Å². The number of alkyl halides is 2. The van der Waals surface area contributed by atoms with E-state index < -0.39 is 14.7 Å². The van der Waals surface area contributed by atoms with E-state index in [0.717, 1.165) is 37.5 Å². The van der Waals surface area contributed by atoms with Crippen LogP contribution in [0.5, 0.6) is 5.75 Å². The highest BCUT2D eigenvalue weighted by atomic mass is 28.4. The number of rotatable bonds is 6. The van der Waals surface area contributed by atoms with E-state index in [1.165, 1.54) is 0 Å². The maximum atomic E-state index is 13.0. The summed E-state index contributed by atoms with van der Waals surface area (Å²) in [7, 11) is -1.64. The van der Waals surface area contributed by atoms with Crippen molar-refractivity contribution in [3.05, 3.63) is 29.8 Å². The maximum absolute atomic E-state index is 13.0. The molecule has 1 saturated heterocycles. The highest BCUT2D eigenvalue weighted by molar-refractivity contribution is 6.70. The Kier molecular flexibility index (Phi) is 5.94. The molecule has 0 aromatic heterocycles. The van der Waals surface area contributed by atoms with Gasteiger partial charge in [0, 0.05) is 38.6 Å². The first kappa shape index (κ1) is 17.4. The number of benzene rings is 1. The third-order valence-electron chi connectivity index (χ3n) is 3.68. The molecule has 1 heterocycles. The van der Waals surface area contributed by atoms with Gasteiger partial charge in [0.15, 0.2) is 0 Å². The van der Waals surface area contributed by atoms with Crippen molar-refractivity contribution >= 4 is 8.32 Å². The largest absolute Gasteiger partial charge is 0.544 e. The molecule has 0 bridgehead atoms. The summed E-state index contributed by atoms with van der Waals surface area (Å²) in [5.41, 5.74) is 0.949. The number of piperazine rings is 1. The Labute approximate surface area is 132 Å². The molecule has 6 heteroatoms. The standard InChI is InChI=1S/C16H26F2N2OSi/c1-22(2,3)21-14-6-4-13(5-7-14)15(12-16(17)18)20-10-8-19-9-11-20/h4-7,15-16,19H,8-12H2,1-3H3/t15-/m1/s1. The molecule has 0 unspecified atom stereocenters. The lowest BCUT2D eigenvalue weighted by atomic mass is 10.0. The third kappa shape index (κ3) is 5.33. The van der Waals surface area contributed by atoms with Crippen LogP contribution in [0, 0.1) is 0 Å². The zero-order valence-electron chi connectivity index (χ0n) is 13.6. The van der Waals surface area contributed by atoms with Crippen LogP contribution in [-0.4, -0.2) is 45.8 Å². The fourth-order valence-corrected chi connectivity index (χ4v) is 3.61. The lowest BCUT2D eigenvalue weighted by Gasteiger charge is -2.35. The molecule has 124 valence electrons. The SMILES string of the molecule is C[Si](C)(C)Oc1ccc([C@@H](CC(F)F)N2CCNCC2)cc1. The third-order valence-corrected chi connectivity index (χ3v) is 4.53. The Hall–Kier alpha value is -0.983. The summed E-state index contributed by atoms with van der Waals surface area (Å²) in [6.07, 6.45) is -2.41. The molecule has 1 atom stereocenters. The Morgan fingerprint density at radius 2 is 1.73 bits per heavy atom. The first-order chi connectivity index (χ1) is 10.3. The van der Waals surface area contributed by atoms with Gasteiger partial charge in [-0.25, -0.2) is 8.78 Å². The van der Waals surface area contributed by atoms with Gasteiger partial charge in [-0.05, 0) is 37.3 Å². The molecule has 2 rings (SSSR count). The highest BCUT2D eigenvalue weighted by Gasteiger charge is 2.25. The summed E-state index contributed by atoms with van der Waals surface area (Å²) in [5.74, 6) is 0.832. The molecule has 1 aliphatic heterocycles. The van der Waals surface area contributed by atoms with Crippen molar-refractivity contribution in [3.63, 3.8) is 0 Å². The van der Waals surface area contributed by atoms with Crippen molar-refractivity contribution < 1.29 is 13.2 Å². The summed E-state index contributed by atoms with van der Waals surface area (Å²) in [6.45, 7) is 9.71. The predicted molar refractivity (Wildman–Crippen MR) is 88.2 cm³/mol. The van der Waals surface area contributed by atoms with E-state index in [1.54, 1.807) is 0 Å². The first-order valence-corrected chi connectivity index (χ1v) is 11.3. The summed E-state index contributed by atoms with van der Waals surface area (Å²) in [6, 6.07) is 7.47. The van der Waals surface area contributed by atoms with Gasteiger partial charge in [-0.2, -0.15) is 0 Å². The van der Waals surface area contributed by atoms with Gasteiger partial charge in [-0.1, -0.05) is 12.1 Å². The molecule has 0 amide bonds. The van der Waals surface area contributed by atoms with Crippen LogP contribution in [0.25, 0.3) is 0 Å². The fourth-order valence-electron chi connectivity index (χ4n) is 2.77. The topological polar surface area (TPSA) is 24.5 Å². The predicted octanol–water partition coefficient (Wildman–Crippen LogP) is 3.50. The van der Waals surface area contributed by atoms with Crippen molar-refractivity contribution in [1.82, 2.24) is 10.2 Å². The molecule has 1 aromatic rings. The number of nitrogens with zero attached hydrogens (tertiary/aromatic N) is 1. The van der Waals surface area contributed by atoms with Crippen LogP contribution in [0.1, 0.15) is 18.0 Å². The minimum Gasteiger partial charge on any atom is -0.544 e. The fraction of sp³-hybridized carbons (Fsp3) is 0.625. The van der Waals surface area contributed by atoms with E-state index in [0.29, 0.717) is 0 Å². The normalized spacial score (nSPS) is 18.5. The molecule has 1 fully saturated rings. The van der Waals surface area contributed by atoms with Crippen molar-refractivity contribution in [3.8, 4) is 5.75 Å². The van der Waals surface area contributed by atoms with Gasteiger partial charge in [0.25, 0.3) is 0 Å². The van der Waals surface area contributed by atoms with E-state index in [-0.39, 0.29) is 12.5 Å². The Bertz CT molecular complexity index is 456. The Balaban J connectivity index is 2.12. The van der Waals surface area contributed by atoms with Crippen LogP contribution in [0.4, 0.5) is 8.78 Å². The molecule has 22 heavy (non-hydrogen) atoms. The summed E-state index contributed by atoms with van der Waals surface area (Å²) >= 11 is 0. The second kappa shape index (κ2) is 7.52. The quantitative estimate of drug-likeness (QED) is 0.809. The molecule has 3 nitrogen and oxygen atoms in total. The molecule has 0 spiro atoms. The lowest BCUT2D eigenvalue weighted by molar-refractivity contribution is 0.0739. The maximum Gasteiger partial charge on any atom is 0.242 e. The molecule has 1 aromatic carbocycles. The van der Waals surface area contributed by atoms with Gasteiger partial charge < -0.3 is 9.74 Å². The Morgan fingerprint density at radius 1 is 1.14 bits per heavy atom. The minimum atomic E-state index is -2.29. The lowest BCUT2D eigenvalue weighted by Crippen LogP contribution is -2.45. The van der Waals surface area contributed by atoms with Crippen molar-refractivity contribution in [2.24, 2.45) is 0 Å². The van der Waals surface area contributed by atoms with Crippen molar-refractivity contribution in [2.75, 3.05) is 26.2 Å². The minimum absolute atomic E-state index is 0.117. The molecule has 1 N–H and O–H groups in total. The van der Waals surface area contributed by atoms with E-state index in [4.69, 9.17) is 4.43 Å². The highest BCUT2D eigenvalue weighted by Crippen LogP contribution is 2.29. The molecule has 0 aliphatic carbocycles. The average molecular weight is 328 g/mol. The Morgan fingerprint density at radius 3 is 2.23 bits per heavy atom.